The van der Waals surface area contributed by atoms with Gasteiger partial charge in [0.25, 0.3) is 0 Å². The zero-order chi connectivity index (χ0) is 45.3. The molecule has 0 aliphatic carbocycles. The summed E-state index contributed by atoms with van der Waals surface area (Å²) in [5.41, 5.74) is 10.3. The summed E-state index contributed by atoms with van der Waals surface area (Å²) in [6.45, 7) is 13.9. The van der Waals surface area contributed by atoms with Crippen molar-refractivity contribution in [2.24, 2.45) is 9.98 Å². The molecule has 0 saturated heterocycles. The van der Waals surface area contributed by atoms with Crippen molar-refractivity contribution < 1.29 is 0 Å². The number of allylic oxidation sites excluding steroid dienone is 2. The Morgan fingerprint density at radius 2 is 0.635 bits per heavy atom. The maximum absolute atomic E-state index is 5.58. The third-order valence-corrected chi connectivity index (χ3v) is 13.2. The van der Waals surface area contributed by atoms with E-state index < -0.39 is 0 Å². The molecule has 0 radical (unpaired) electrons. The number of aliphatic imine (C=N–C) groups is 2. The first-order valence-electron chi connectivity index (χ1n) is 28.1. The standard InChI is InChI=1S/C61H104N2/c1-7-13-19-20-21-22-23-24-25-26-27-28-29-30-31-32-33-34-35-36-41-47-61(63-59-52-56(44-39-16-10-4)49-57(53-59)45-40-17-11-5)60(46-18-12-6)62-58-50-54(42-37-14-8-2)48-55(51-58)43-38-15-9-3/h41,47-53H,7-40,42-46H2,1-6H3/b47-41+,62-60?,63-61?. The van der Waals surface area contributed by atoms with Crippen LogP contribution in [0.5, 0.6) is 0 Å². The minimum absolute atomic E-state index is 0.962. The van der Waals surface area contributed by atoms with Crippen LogP contribution in [-0.4, -0.2) is 11.4 Å². The smallest absolute Gasteiger partial charge is 0.0848 e. The number of benzene rings is 2. The molecule has 2 nitrogen and oxygen atoms in total. The second-order valence-corrected chi connectivity index (χ2v) is 19.6. The molecule has 63 heavy (non-hydrogen) atoms. The number of hydrogen-bond donors (Lipinski definition) is 0. The Morgan fingerprint density at radius 1 is 0.333 bits per heavy atom. The maximum Gasteiger partial charge on any atom is 0.0848 e. The second-order valence-electron chi connectivity index (χ2n) is 19.6. The summed E-state index contributed by atoms with van der Waals surface area (Å²) in [4.78, 5) is 11.1. The molecule has 0 aliphatic rings. The highest BCUT2D eigenvalue weighted by Crippen LogP contribution is 2.26. The van der Waals surface area contributed by atoms with Crippen molar-refractivity contribution in [1.82, 2.24) is 0 Å². The van der Waals surface area contributed by atoms with E-state index in [2.05, 4.69) is 90.1 Å². The zero-order valence-corrected chi connectivity index (χ0v) is 43.1. The molecule has 0 amide bonds. The van der Waals surface area contributed by atoms with E-state index >= 15 is 0 Å². The predicted molar refractivity (Wildman–Crippen MR) is 287 cm³/mol. The molecule has 0 aromatic heterocycles. The molecule has 0 bridgehead atoms. The van der Waals surface area contributed by atoms with E-state index in [0.29, 0.717) is 0 Å². The molecule has 0 unspecified atom stereocenters. The Kier molecular flexibility index (Phi) is 36.9. The fourth-order valence-corrected chi connectivity index (χ4v) is 9.12. The highest BCUT2D eigenvalue weighted by Gasteiger charge is 2.11. The average Bonchev–Trinajstić information content (AvgIpc) is 3.28. The first kappa shape index (κ1) is 56.6. The summed E-state index contributed by atoms with van der Waals surface area (Å²) in [5, 5.41) is 0. The molecular weight excluding hydrogens is 761 g/mol. The summed E-state index contributed by atoms with van der Waals surface area (Å²) in [7, 11) is 0. The van der Waals surface area contributed by atoms with E-state index in [1.807, 2.05) is 0 Å². The molecule has 2 rings (SSSR count). The van der Waals surface area contributed by atoms with Crippen molar-refractivity contribution in [2.75, 3.05) is 0 Å². The number of unbranched alkanes of at least 4 members (excludes halogenated alkanes) is 28. The Balaban J connectivity index is 2.16. The molecule has 0 heterocycles. The third-order valence-electron chi connectivity index (χ3n) is 13.2. The predicted octanol–water partition coefficient (Wildman–Crippen LogP) is 21.0. The molecular formula is C61H104N2. The van der Waals surface area contributed by atoms with Gasteiger partial charge < -0.3 is 0 Å². The lowest BCUT2D eigenvalue weighted by atomic mass is 9.99. The van der Waals surface area contributed by atoms with Crippen LogP contribution in [0, 0.1) is 0 Å². The molecule has 0 spiro atoms. The van der Waals surface area contributed by atoms with Crippen molar-refractivity contribution in [3.63, 3.8) is 0 Å². The van der Waals surface area contributed by atoms with Crippen LogP contribution in [-0.2, 0) is 25.7 Å². The van der Waals surface area contributed by atoms with Gasteiger partial charge in [-0.25, -0.2) is 4.99 Å². The summed E-state index contributed by atoms with van der Waals surface area (Å²) >= 11 is 0. The molecule has 0 aliphatic heterocycles. The quantitative estimate of drug-likeness (QED) is 0.0469. The van der Waals surface area contributed by atoms with Crippen molar-refractivity contribution >= 4 is 22.8 Å². The van der Waals surface area contributed by atoms with Crippen LogP contribution in [0.1, 0.15) is 289 Å². The van der Waals surface area contributed by atoms with E-state index in [0.717, 1.165) is 74.2 Å². The van der Waals surface area contributed by atoms with Crippen molar-refractivity contribution in [2.45, 2.75) is 292 Å². The maximum atomic E-state index is 5.58. The van der Waals surface area contributed by atoms with Gasteiger partial charge in [0.2, 0.25) is 0 Å². The normalized spacial score (nSPS) is 12.3. The minimum atomic E-state index is 0.962. The SMILES string of the molecule is CCCCCCCCCCCCCCCCCCCCC/C=C/C(=Nc1cc(CCCCC)cc(CCCCC)c1)C(CCCC)=Nc1cc(CCCCC)cc(CCCCC)c1. The van der Waals surface area contributed by atoms with E-state index in [1.165, 1.54) is 221 Å². The molecule has 2 aromatic rings. The van der Waals surface area contributed by atoms with Gasteiger partial charge in [0.15, 0.2) is 0 Å². The van der Waals surface area contributed by atoms with Crippen LogP contribution in [0.4, 0.5) is 11.4 Å². The van der Waals surface area contributed by atoms with Crippen molar-refractivity contribution in [3.05, 3.63) is 70.8 Å². The molecule has 2 aromatic carbocycles. The Labute approximate surface area is 393 Å². The van der Waals surface area contributed by atoms with Gasteiger partial charge in [-0.2, -0.15) is 0 Å². The molecule has 358 valence electrons. The fraction of sp³-hybridized carbons (Fsp3) is 0.738. The first-order chi connectivity index (χ1) is 31.1. The third kappa shape index (κ3) is 30.4. The van der Waals surface area contributed by atoms with Gasteiger partial charge in [0, 0.05) is 0 Å². The Morgan fingerprint density at radius 3 is 0.984 bits per heavy atom. The Hall–Kier alpha value is -2.48. The summed E-state index contributed by atoms with van der Waals surface area (Å²) in [5.74, 6) is 0. The summed E-state index contributed by atoms with van der Waals surface area (Å²) < 4.78 is 0. The fourth-order valence-electron chi connectivity index (χ4n) is 9.12. The molecule has 0 saturated carbocycles. The van der Waals surface area contributed by atoms with E-state index in [4.69, 9.17) is 9.98 Å². The molecule has 0 N–H and O–H groups in total. The van der Waals surface area contributed by atoms with E-state index in [1.54, 1.807) is 0 Å². The monoisotopic (exact) mass is 865 g/mol. The molecule has 0 fully saturated rings. The highest BCUT2D eigenvalue weighted by atomic mass is 14.8. The van der Waals surface area contributed by atoms with Gasteiger partial charge in [-0.15, -0.1) is 0 Å². The lowest BCUT2D eigenvalue weighted by Crippen LogP contribution is -2.12. The van der Waals surface area contributed by atoms with Gasteiger partial charge in [-0.3, -0.25) is 4.99 Å². The van der Waals surface area contributed by atoms with Crippen molar-refractivity contribution in [1.29, 1.82) is 0 Å². The zero-order valence-electron chi connectivity index (χ0n) is 43.1. The van der Waals surface area contributed by atoms with Crippen LogP contribution in [0.2, 0.25) is 0 Å². The van der Waals surface area contributed by atoms with Gasteiger partial charge in [-0.05, 0) is 130 Å². The summed E-state index contributed by atoms with van der Waals surface area (Å²) in [6, 6.07) is 14.5. The topological polar surface area (TPSA) is 24.7 Å². The average molecular weight is 866 g/mol. The number of nitrogens with zero attached hydrogens (tertiary/aromatic N) is 2. The first-order valence-corrected chi connectivity index (χ1v) is 28.1. The largest absolute Gasteiger partial charge is 0.251 e. The van der Waals surface area contributed by atoms with Crippen LogP contribution in [0.3, 0.4) is 0 Å². The number of aryl methyl sites for hydroxylation is 4. The van der Waals surface area contributed by atoms with Gasteiger partial charge in [0.1, 0.15) is 0 Å². The molecule has 2 heteroatoms. The Bertz CT molecular complexity index is 1390. The lowest BCUT2D eigenvalue weighted by Gasteiger charge is -2.12. The second kappa shape index (κ2) is 41.0. The van der Waals surface area contributed by atoms with Crippen LogP contribution in [0.15, 0.2) is 58.5 Å². The minimum Gasteiger partial charge on any atom is -0.251 e. The van der Waals surface area contributed by atoms with Crippen molar-refractivity contribution in [3.8, 4) is 0 Å². The number of hydrogen-bond acceptors (Lipinski definition) is 2. The molecule has 0 atom stereocenters. The number of rotatable bonds is 43. The van der Waals surface area contributed by atoms with E-state index in [-0.39, 0.29) is 0 Å². The van der Waals surface area contributed by atoms with Crippen LogP contribution >= 0.6 is 0 Å². The van der Waals surface area contributed by atoms with Gasteiger partial charge in [0.05, 0.1) is 22.8 Å². The van der Waals surface area contributed by atoms with Crippen LogP contribution < -0.4 is 0 Å². The summed E-state index contributed by atoms with van der Waals surface area (Å²) in [6.07, 6.45) is 56.0. The van der Waals surface area contributed by atoms with E-state index in [9.17, 15) is 0 Å². The lowest BCUT2D eigenvalue weighted by molar-refractivity contribution is 0.523. The highest BCUT2D eigenvalue weighted by molar-refractivity contribution is 6.47. The van der Waals surface area contributed by atoms with Crippen LogP contribution in [0.25, 0.3) is 0 Å². The van der Waals surface area contributed by atoms with Gasteiger partial charge >= 0.3 is 0 Å². The van der Waals surface area contributed by atoms with Gasteiger partial charge in [-0.1, -0.05) is 233 Å².